The molecule has 2 rings (SSSR count). The number of nitrogens with zero attached hydrogens (tertiary/aromatic N) is 3. The van der Waals surface area contributed by atoms with Gasteiger partial charge in [-0.25, -0.2) is 0 Å². The van der Waals surface area contributed by atoms with Crippen LogP contribution in [-0.4, -0.2) is 73.3 Å². The van der Waals surface area contributed by atoms with Crippen LogP contribution in [0, 0.1) is 2.88 Å². The number of rotatable bonds is 3. The number of thiophene rings is 1. The molecule has 0 aromatic carbocycles. The van der Waals surface area contributed by atoms with Gasteiger partial charge >= 0.3 is 0 Å². The molecule has 0 aliphatic carbocycles. The first-order chi connectivity index (χ1) is 9.97. The topological polar surface area (TPSA) is 43.9 Å². The van der Waals surface area contributed by atoms with E-state index in [0.717, 1.165) is 34.5 Å². The quantitative estimate of drug-likeness (QED) is 0.697. The SMILES string of the molecule is CN(C)C(=O)CN1CCCN(C(=O)c2csc(I)c2)CC1. The minimum Gasteiger partial charge on any atom is -0.348 e. The lowest BCUT2D eigenvalue weighted by atomic mass is 10.3. The predicted octanol–water partition coefficient (Wildman–Crippen LogP) is 1.59. The average molecular weight is 421 g/mol. The molecule has 2 heterocycles. The molecule has 0 atom stereocenters. The summed E-state index contributed by atoms with van der Waals surface area (Å²) in [5, 5.41) is 1.92. The summed E-state index contributed by atoms with van der Waals surface area (Å²) in [4.78, 5) is 29.9. The van der Waals surface area contributed by atoms with Gasteiger partial charge in [0.1, 0.15) is 0 Å². The third kappa shape index (κ3) is 4.65. The van der Waals surface area contributed by atoms with Crippen molar-refractivity contribution in [2.75, 3.05) is 46.8 Å². The summed E-state index contributed by atoms with van der Waals surface area (Å²) in [6.45, 7) is 3.51. The maximum absolute atomic E-state index is 12.4. The molecule has 0 N–H and O–H groups in total. The molecule has 0 radical (unpaired) electrons. The number of carbonyl (C=O) groups excluding carboxylic acids is 2. The van der Waals surface area contributed by atoms with Crippen molar-refractivity contribution in [1.29, 1.82) is 0 Å². The van der Waals surface area contributed by atoms with Crippen molar-refractivity contribution in [1.82, 2.24) is 14.7 Å². The van der Waals surface area contributed by atoms with Crippen molar-refractivity contribution in [3.63, 3.8) is 0 Å². The molecule has 0 unspecified atom stereocenters. The van der Waals surface area contributed by atoms with E-state index in [0.29, 0.717) is 13.1 Å². The van der Waals surface area contributed by atoms with E-state index in [1.54, 1.807) is 30.3 Å². The molecule has 1 aromatic rings. The zero-order valence-corrected chi connectivity index (χ0v) is 15.3. The van der Waals surface area contributed by atoms with Gasteiger partial charge in [0.05, 0.1) is 15.0 Å². The fourth-order valence-electron chi connectivity index (χ4n) is 2.27. The summed E-state index contributed by atoms with van der Waals surface area (Å²) in [5.41, 5.74) is 0.780. The Labute approximate surface area is 143 Å². The summed E-state index contributed by atoms with van der Waals surface area (Å²) in [7, 11) is 3.54. The molecule has 1 aliphatic rings. The number of amides is 2. The van der Waals surface area contributed by atoms with E-state index in [1.807, 2.05) is 16.3 Å². The largest absolute Gasteiger partial charge is 0.348 e. The minimum absolute atomic E-state index is 0.106. The van der Waals surface area contributed by atoms with Gasteiger partial charge in [0.2, 0.25) is 5.91 Å². The molecular formula is C14H20IN3O2S. The second-order valence-electron chi connectivity index (χ2n) is 5.35. The van der Waals surface area contributed by atoms with Crippen LogP contribution < -0.4 is 0 Å². The van der Waals surface area contributed by atoms with Crippen LogP contribution in [0.5, 0.6) is 0 Å². The highest BCUT2D eigenvalue weighted by molar-refractivity contribution is 14.1. The van der Waals surface area contributed by atoms with Gasteiger partial charge in [0, 0.05) is 45.7 Å². The van der Waals surface area contributed by atoms with Crippen molar-refractivity contribution in [3.05, 3.63) is 19.9 Å². The predicted molar refractivity (Wildman–Crippen MR) is 92.7 cm³/mol. The smallest absolute Gasteiger partial charge is 0.254 e. The lowest BCUT2D eigenvalue weighted by Crippen LogP contribution is -2.39. The highest BCUT2D eigenvalue weighted by Gasteiger charge is 2.22. The highest BCUT2D eigenvalue weighted by atomic mass is 127. The third-order valence-electron chi connectivity index (χ3n) is 3.55. The van der Waals surface area contributed by atoms with Crippen molar-refractivity contribution < 1.29 is 9.59 Å². The van der Waals surface area contributed by atoms with Gasteiger partial charge in [-0.3, -0.25) is 14.5 Å². The Bertz CT molecular complexity index is 518. The summed E-state index contributed by atoms with van der Waals surface area (Å²) < 4.78 is 1.13. The lowest BCUT2D eigenvalue weighted by Gasteiger charge is -2.22. The number of hydrogen-bond donors (Lipinski definition) is 0. The monoisotopic (exact) mass is 421 g/mol. The number of carbonyl (C=O) groups is 2. The summed E-state index contributed by atoms with van der Waals surface area (Å²) in [6.07, 6.45) is 0.910. The van der Waals surface area contributed by atoms with Crippen LogP contribution in [-0.2, 0) is 4.79 Å². The van der Waals surface area contributed by atoms with Crippen molar-refractivity contribution in [2.24, 2.45) is 0 Å². The lowest BCUT2D eigenvalue weighted by molar-refractivity contribution is -0.129. The average Bonchev–Trinajstić information content (AvgIpc) is 2.74. The number of halogens is 1. The van der Waals surface area contributed by atoms with Gasteiger partial charge in [-0.15, -0.1) is 11.3 Å². The number of hydrogen-bond acceptors (Lipinski definition) is 4. The molecule has 1 aromatic heterocycles. The molecule has 21 heavy (non-hydrogen) atoms. The first kappa shape index (κ1) is 16.7. The van der Waals surface area contributed by atoms with Crippen molar-refractivity contribution >= 4 is 45.7 Å². The molecule has 0 spiro atoms. The molecule has 2 amide bonds. The summed E-state index contributed by atoms with van der Waals surface area (Å²) in [6, 6.07) is 1.94. The first-order valence-corrected chi connectivity index (χ1v) is 8.89. The Kier molecular flexibility index (Phi) is 6.00. The van der Waals surface area contributed by atoms with E-state index in [1.165, 1.54) is 0 Å². The van der Waals surface area contributed by atoms with E-state index < -0.39 is 0 Å². The molecular weight excluding hydrogens is 401 g/mol. The van der Waals surface area contributed by atoms with Gasteiger partial charge in [0.15, 0.2) is 0 Å². The normalized spacial score (nSPS) is 16.6. The Hall–Kier alpha value is -0.670. The van der Waals surface area contributed by atoms with Crippen molar-refractivity contribution in [3.8, 4) is 0 Å². The molecule has 1 aliphatic heterocycles. The van der Waals surface area contributed by atoms with E-state index in [9.17, 15) is 9.59 Å². The third-order valence-corrected chi connectivity index (χ3v) is 5.34. The van der Waals surface area contributed by atoms with Gasteiger partial charge in [0.25, 0.3) is 5.91 Å². The molecule has 0 bridgehead atoms. The fourth-order valence-corrected chi connectivity index (χ4v) is 3.59. The second-order valence-corrected chi connectivity index (χ2v) is 8.15. The van der Waals surface area contributed by atoms with E-state index in [4.69, 9.17) is 0 Å². The van der Waals surface area contributed by atoms with Crippen LogP contribution in [0.25, 0.3) is 0 Å². The van der Waals surface area contributed by atoms with Crippen LogP contribution in [0.1, 0.15) is 16.8 Å². The highest BCUT2D eigenvalue weighted by Crippen LogP contribution is 2.18. The Morgan fingerprint density at radius 3 is 2.67 bits per heavy atom. The van der Waals surface area contributed by atoms with Crippen molar-refractivity contribution in [2.45, 2.75) is 6.42 Å². The van der Waals surface area contributed by atoms with Crippen LogP contribution >= 0.6 is 33.9 Å². The summed E-state index contributed by atoms with van der Waals surface area (Å²) >= 11 is 3.83. The zero-order chi connectivity index (χ0) is 15.4. The Morgan fingerprint density at radius 1 is 1.29 bits per heavy atom. The molecule has 0 saturated carbocycles. The molecule has 7 heteroatoms. The Morgan fingerprint density at radius 2 is 2.05 bits per heavy atom. The molecule has 5 nitrogen and oxygen atoms in total. The summed E-state index contributed by atoms with van der Waals surface area (Å²) in [5.74, 6) is 0.220. The minimum atomic E-state index is 0.106. The fraction of sp³-hybridized carbons (Fsp3) is 0.571. The standard InChI is InChI=1S/C14H20IN3O2S/c1-16(2)13(19)9-17-4-3-5-18(7-6-17)14(20)11-8-12(15)21-10-11/h8,10H,3-7,9H2,1-2H3. The van der Waals surface area contributed by atoms with Crippen LogP contribution in [0.15, 0.2) is 11.4 Å². The zero-order valence-electron chi connectivity index (χ0n) is 12.3. The molecule has 116 valence electrons. The maximum atomic E-state index is 12.4. The van der Waals surface area contributed by atoms with Gasteiger partial charge in [-0.05, 0) is 35.1 Å². The van der Waals surface area contributed by atoms with E-state index >= 15 is 0 Å². The number of likely N-dealkylation sites (N-methyl/N-ethyl adjacent to an activating group) is 1. The van der Waals surface area contributed by atoms with Gasteiger partial charge in [-0.2, -0.15) is 0 Å². The first-order valence-electron chi connectivity index (χ1n) is 6.93. The van der Waals surface area contributed by atoms with E-state index in [2.05, 4.69) is 27.5 Å². The second kappa shape index (κ2) is 7.55. The van der Waals surface area contributed by atoms with Gasteiger partial charge in [-0.1, -0.05) is 0 Å². The van der Waals surface area contributed by atoms with E-state index in [-0.39, 0.29) is 11.8 Å². The maximum Gasteiger partial charge on any atom is 0.254 e. The molecule has 1 saturated heterocycles. The van der Waals surface area contributed by atoms with Crippen LogP contribution in [0.2, 0.25) is 0 Å². The Balaban J connectivity index is 1.91. The van der Waals surface area contributed by atoms with Crippen LogP contribution in [0.3, 0.4) is 0 Å². The molecule has 1 fully saturated rings. The van der Waals surface area contributed by atoms with Gasteiger partial charge < -0.3 is 9.80 Å². The van der Waals surface area contributed by atoms with Crippen LogP contribution in [0.4, 0.5) is 0 Å².